The molecule has 0 radical (unpaired) electrons. The summed E-state index contributed by atoms with van der Waals surface area (Å²) in [7, 11) is -3.95. The first kappa shape index (κ1) is 15.9. The van der Waals surface area contributed by atoms with Gasteiger partial charge in [0.05, 0.1) is 17.7 Å². The first-order chi connectivity index (χ1) is 10.9. The molecule has 3 rings (SSSR count). The number of amides is 2. The van der Waals surface area contributed by atoms with E-state index in [1.54, 1.807) is 12.1 Å². The number of ether oxygens (including phenoxy) is 1. The number of fused-ring (bicyclic) bond motifs is 1. The summed E-state index contributed by atoms with van der Waals surface area (Å²) in [6, 6.07) is 5.73. The van der Waals surface area contributed by atoms with Gasteiger partial charge in [-0.2, -0.15) is 0 Å². The second kappa shape index (κ2) is 5.93. The molecule has 1 N–H and O–H groups in total. The third kappa shape index (κ3) is 2.84. The number of nitrogens with zero attached hydrogens (tertiary/aromatic N) is 1. The third-order valence-electron chi connectivity index (χ3n) is 4.11. The van der Waals surface area contributed by atoms with E-state index in [0.717, 1.165) is 12.8 Å². The Morgan fingerprint density at radius 3 is 2.83 bits per heavy atom. The Kier molecular flexibility index (Phi) is 4.11. The molecule has 124 valence electrons. The van der Waals surface area contributed by atoms with Crippen LogP contribution in [0.3, 0.4) is 0 Å². The summed E-state index contributed by atoms with van der Waals surface area (Å²) in [6.07, 6.45) is 1.73. The summed E-state index contributed by atoms with van der Waals surface area (Å²) in [5, 5.41) is 2.71. The van der Waals surface area contributed by atoms with Gasteiger partial charge in [-0.15, -0.1) is 0 Å². The molecule has 2 unspecified atom stereocenters. The summed E-state index contributed by atoms with van der Waals surface area (Å²) in [5.74, 6) is -1.18. The zero-order valence-electron chi connectivity index (χ0n) is 12.7. The van der Waals surface area contributed by atoms with E-state index in [0.29, 0.717) is 10.9 Å². The van der Waals surface area contributed by atoms with Gasteiger partial charge in [-0.05, 0) is 31.9 Å². The van der Waals surface area contributed by atoms with Crippen molar-refractivity contribution in [2.24, 2.45) is 0 Å². The monoisotopic (exact) mass is 338 g/mol. The van der Waals surface area contributed by atoms with E-state index in [-0.39, 0.29) is 22.6 Å². The molecule has 23 heavy (non-hydrogen) atoms. The fourth-order valence-electron chi connectivity index (χ4n) is 2.91. The quantitative estimate of drug-likeness (QED) is 0.864. The maximum Gasteiger partial charge on any atom is 0.269 e. The molecule has 2 aliphatic heterocycles. The molecule has 0 saturated carbocycles. The Bertz CT molecular complexity index is 740. The average molecular weight is 338 g/mol. The van der Waals surface area contributed by atoms with Crippen LogP contribution in [0.15, 0.2) is 29.2 Å². The molecule has 0 bridgehead atoms. The topological polar surface area (TPSA) is 92.8 Å². The molecule has 1 aromatic carbocycles. The van der Waals surface area contributed by atoms with Crippen molar-refractivity contribution >= 4 is 21.8 Å². The van der Waals surface area contributed by atoms with Crippen LogP contribution in [0, 0.1) is 0 Å². The predicted molar refractivity (Wildman–Crippen MR) is 81.2 cm³/mol. The zero-order chi connectivity index (χ0) is 16.6. The van der Waals surface area contributed by atoms with E-state index in [4.69, 9.17) is 4.74 Å². The van der Waals surface area contributed by atoms with Gasteiger partial charge < -0.3 is 10.1 Å². The van der Waals surface area contributed by atoms with Crippen LogP contribution in [0.1, 0.15) is 30.1 Å². The number of carbonyl (C=O) groups excluding carboxylic acids is 2. The van der Waals surface area contributed by atoms with Crippen molar-refractivity contribution in [2.45, 2.75) is 36.8 Å². The van der Waals surface area contributed by atoms with Gasteiger partial charge in [-0.3, -0.25) is 9.59 Å². The highest BCUT2D eigenvalue weighted by Crippen LogP contribution is 2.29. The fraction of sp³-hybridized carbons (Fsp3) is 0.467. The van der Waals surface area contributed by atoms with Crippen molar-refractivity contribution in [1.29, 1.82) is 0 Å². The summed E-state index contributed by atoms with van der Waals surface area (Å²) >= 11 is 0. The normalized spacial score (nSPS) is 23.6. The maximum absolute atomic E-state index is 12.4. The average Bonchev–Trinajstić information content (AvgIpc) is 3.11. The highest BCUT2D eigenvalue weighted by molar-refractivity contribution is 7.90. The number of benzene rings is 1. The molecule has 0 aromatic heterocycles. The van der Waals surface area contributed by atoms with Gasteiger partial charge in [0.2, 0.25) is 5.91 Å². The first-order valence-corrected chi connectivity index (χ1v) is 8.92. The molecule has 0 aliphatic carbocycles. The lowest BCUT2D eigenvalue weighted by molar-refractivity contribution is -0.122. The molecule has 0 spiro atoms. The van der Waals surface area contributed by atoms with Crippen molar-refractivity contribution in [3.8, 4) is 0 Å². The van der Waals surface area contributed by atoms with E-state index < -0.39 is 28.4 Å². The van der Waals surface area contributed by atoms with E-state index in [1.165, 1.54) is 12.1 Å². The molecular weight excluding hydrogens is 320 g/mol. The summed E-state index contributed by atoms with van der Waals surface area (Å²) in [6.45, 7) is 1.95. The number of carbonyl (C=O) groups is 2. The lowest BCUT2D eigenvalue weighted by Crippen LogP contribution is -2.46. The van der Waals surface area contributed by atoms with Crippen molar-refractivity contribution in [1.82, 2.24) is 9.62 Å². The van der Waals surface area contributed by atoms with Crippen LogP contribution in [0.5, 0.6) is 0 Å². The van der Waals surface area contributed by atoms with Crippen LogP contribution >= 0.6 is 0 Å². The van der Waals surface area contributed by atoms with E-state index in [1.807, 2.05) is 6.92 Å². The van der Waals surface area contributed by atoms with Crippen LogP contribution in [-0.4, -0.2) is 49.8 Å². The first-order valence-electron chi connectivity index (χ1n) is 7.48. The Balaban J connectivity index is 1.71. The van der Waals surface area contributed by atoms with Crippen LogP contribution in [0.25, 0.3) is 0 Å². The molecule has 2 amide bonds. The minimum Gasteiger partial charge on any atom is -0.376 e. The van der Waals surface area contributed by atoms with Crippen molar-refractivity contribution in [3.63, 3.8) is 0 Å². The van der Waals surface area contributed by atoms with Gasteiger partial charge in [0.15, 0.2) is 0 Å². The van der Waals surface area contributed by atoms with E-state index >= 15 is 0 Å². The van der Waals surface area contributed by atoms with E-state index in [9.17, 15) is 18.0 Å². The van der Waals surface area contributed by atoms with Crippen LogP contribution in [0.2, 0.25) is 0 Å². The van der Waals surface area contributed by atoms with Gasteiger partial charge in [0, 0.05) is 6.61 Å². The van der Waals surface area contributed by atoms with Crippen molar-refractivity contribution in [2.75, 3.05) is 13.2 Å². The van der Waals surface area contributed by atoms with Gasteiger partial charge in [-0.1, -0.05) is 12.1 Å². The highest BCUT2D eigenvalue weighted by atomic mass is 32.2. The molecule has 2 heterocycles. The minimum absolute atomic E-state index is 0.0509. The largest absolute Gasteiger partial charge is 0.376 e. The minimum atomic E-state index is -3.95. The fourth-order valence-corrected chi connectivity index (χ4v) is 4.43. The van der Waals surface area contributed by atoms with Crippen LogP contribution in [0.4, 0.5) is 0 Å². The lowest BCUT2D eigenvalue weighted by atomic mass is 10.1. The predicted octanol–water partition coefficient (Wildman–Crippen LogP) is 0.515. The molecule has 2 atom stereocenters. The smallest absolute Gasteiger partial charge is 0.269 e. The SMILES string of the molecule is CC(NC(=O)CN1C(=O)c2ccccc2S1(=O)=O)C1CCCO1. The third-order valence-corrected chi connectivity index (χ3v) is 5.90. The maximum atomic E-state index is 12.4. The van der Waals surface area contributed by atoms with Crippen molar-refractivity contribution in [3.05, 3.63) is 29.8 Å². The van der Waals surface area contributed by atoms with Crippen molar-refractivity contribution < 1.29 is 22.7 Å². The summed E-state index contributed by atoms with van der Waals surface area (Å²) < 4.78 is 30.9. The van der Waals surface area contributed by atoms with Gasteiger partial charge in [0.25, 0.3) is 15.9 Å². The molecular formula is C15H18N2O5S. The summed E-state index contributed by atoms with van der Waals surface area (Å²) in [5.41, 5.74) is 0.104. The number of hydrogen-bond acceptors (Lipinski definition) is 5. The molecule has 7 nitrogen and oxygen atoms in total. The van der Waals surface area contributed by atoms with Gasteiger partial charge >= 0.3 is 0 Å². The Hall–Kier alpha value is -1.93. The standard InChI is InChI=1S/C15H18N2O5S/c1-10(12-6-4-8-22-12)16-14(18)9-17-15(19)11-5-2-3-7-13(11)23(17,20)21/h2-3,5,7,10,12H,4,6,8-9H2,1H3,(H,16,18). The second-order valence-electron chi connectivity index (χ2n) is 5.72. The van der Waals surface area contributed by atoms with Crippen LogP contribution in [-0.2, 0) is 19.6 Å². The highest BCUT2D eigenvalue weighted by Gasteiger charge is 2.42. The second-order valence-corrected chi connectivity index (χ2v) is 7.55. The zero-order valence-corrected chi connectivity index (χ0v) is 13.5. The van der Waals surface area contributed by atoms with E-state index in [2.05, 4.69) is 5.32 Å². The Morgan fingerprint density at radius 1 is 1.43 bits per heavy atom. The Morgan fingerprint density at radius 2 is 2.17 bits per heavy atom. The number of nitrogens with one attached hydrogen (secondary N) is 1. The van der Waals surface area contributed by atoms with Gasteiger partial charge in [-0.25, -0.2) is 12.7 Å². The van der Waals surface area contributed by atoms with Gasteiger partial charge in [0.1, 0.15) is 11.4 Å². The molecule has 1 aromatic rings. The number of rotatable bonds is 4. The Labute approximate surface area is 134 Å². The number of hydrogen-bond donors (Lipinski definition) is 1. The lowest BCUT2D eigenvalue weighted by Gasteiger charge is -2.21. The molecule has 1 saturated heterocycles. The number of sulfonamides is 1. The molecule has 1 fully saturated rings. The molecule has 2 aliphatic rings. The van der Waals surface area contributed by atoms with Crippen LogP contribution < -0.4 is 5.32 Å². The summed E-state index contributed by atoms with van der Waals surface area (Å²) in [4.78, 5) is 24.3. The molecule has 8 heteroatoms.